The highest BCUT2D eigenvalue weighted by Gasteiger charge is 2.19. The van der Waals surface area contributed by atoms with Gasteiger partial charge in [0.05, 0.1) is 33.1 Å². The molecule has 210 valence electrons. The van der Waals surface area contributed by atoms with Crippen molar-refractivity contribution in [1.82, 2.24) is 13.7 Å². The van der Waals surface area contributed by atoms with Crippen molar-refractivity contribution < 1.29 is 0 Å². The summed E-state index contributed by atoms with van der Waals surface area (Å²) in [5.41, 5.74) is 10.7. The quantitative estimate of drug-likeness (QED) is 0.200. The van der Waals surface area contributed by atoms with Crippen LogP contribution in [0.5, 0.6) is 0 Å². The first-order chi connectivity index (χ1) is 22.3. The molecule has 3 aromatic heterocycles. The Bertz CT molecular complexity index is 2700. The first-order valence-electron chi connectivity index (χ1n) is 15.5. The van der Waals surface area contributed by atoms with E-state index < -0.39 is 0 Å². The Morgan fingerprint density at radius 2 is 0.556 bits per heavy atom. The van der Waals surface area contributed by atoms with E-state index >= 15 is 0 Å². The number of fused-ring (bicyclic) bond motifs is 9. The lowest BCUT2D eigenvalue weighted by molar-refractivity contribution is 1.13. The van der Waals surface area contributed by atoms with Crippen molar-refractivity contribution in [3.05, 3.63) is 164 Å². The van der Waals surface area contributed by atoms with Crippen LogP contribution in [0.2, 0.25) is 0 Å². The summed E-state index contributed by atoms with van der Waals surface area (Å²) >= 11 is 0. The first kappa shape index (κ1) is 24.4. The van der Waals surface area contributed by atoms with Gasteiger partial charge in [-0.05, 0) is 66.7 Å². The Morgan fingerprint density at radius 1 is 0.222 bits per heavy atom. The maximum Gasteiger partial charge on any atom is 0.0548 e. The molecular formula is C42H27N3. The highest BCUT2D eigenvalue weighted by Crippen LogP contribution is 2.40. The van der Waals surface area contributed by atoms with Crippen LogP contribution in [-0.4, -0.2) is 13.7 Å². The number of aromatic nitrogens is 3. The maximum absolute atomic E-state index is 2.44. The third kappa shape index (κ3) is 3.41. The average Bonchev–Trinajstić information content (AvgIpc) is 3.73. The number of nitrogens with zero attached hydrogens (tertiary/aromatic N) is 3. The second-order valence-electron chi connectivity index (χ2n) is 11.8. The second-order valence-corrected chi connectivity index (χ2v) is 11.8. The van der Waals surface area contributed by atoms with Crippen LogP contribution in [0.1, 0.15) is 0 Å². The molecule has 0 saturated heterocycles. The number of hydrogen-bond acceptors (Lipinski definition) is 0. The molecule has 0 N–H and O–H groups in total. The Kier molecular flexibility index (Phi) is 5.00. The summed E-state index contributed by atoms with van der Waals surface area (Å²) in [6.45, 7) is 0. The van der Waals surface area contributed by atoms with Crippen molar-refractivity contribution in [3.63, 3.8) is 0 Å². The van der Waals surface area contributed by atoms with E-state index in [0.29, 0.717) is 0 Å². The molecule has 0 amide bonds. The minimum Gasteiger partial charge on any atom is -0.309 e. The molecule has 0 aliphatic rings. The maximum atomic E-state index is 2.44. The van der Waals surface area contributed by atoms with E-state index in [1.54, 1.807) is 0 Å². The van der Waals surface area contributed by atoms with Crippen molar-refractivity contribution >= 4 is 65.4 Å². The Balaban J connectivity index is 1.29. The van der Waals surface area contributed by atoms with Gasteiger partial charge in [0, 0.05) is 49.4 Å². The van der Waals surface area contributed by atoms with Gasteiger partial charge in [0.2, 0.25) is 0 Å². The van der Waals surface area contributed by atoms with Gasteiger partial charge in [0.25, 0.3) is 0 Å². The number of para-hydroxylation sites is 5. The molecule has 0 saturated carbocycles. The highest BCUT2D eigenvalue weighted by molar-refractivity contribution is 6.19. The van der Waals surface area contributed by atoms with Crippen molar-refractivity contribution in [2.24, 2.45) is 0 Å². The van der Waals surface area contributed by atoms with Gasteiger partial charge in [-0.2, -0.15) is 0 Å². The first-order valence-corrected chi connectivity index (χ1v) is 15.5. The molecule has 0 aliphatic carbocycles. The lowest BCUT2D eigenvalue weighted by atomic mass is 10.1. The zero-order valence-corrected chi connectivity index (χ0v) is 24.4. The van der Waals surface area contributed by atoms with Gasteiger partial charge in [-0.1, -0.05) is 97.1 Å². The van der Waals surface area contributed by atoms with Crippen LogP contribution in [-0.2, 0) is 0 Å². The molecule has 3 heterocycles. The normalized spacial score (nSPS) is 12.0. The van der Waals surface area contributed by atoms with Crippen LogP contribution >= 0.6 is 0 Å². The van der Waals surface area contributed by atoms with Crippen LogP contribution in [0.25, 0.3) is 82.5 Å². The molecule has 0 aliphatic heterocycles. The van der Waals surface area contributed by atoms with Gasteiger partial charge < -0.3 is 13.7 Å². The summed E-state index contributed by atoms with van der Waals surface area (Å²) in [6.07, 6.45) is 0. The Labute approximate surface area is 259 Å². The average molecular weight is 574 g/mol. The Hall–Kier alpha value is -6.06. The number of rotatable bonds is 3. The van der Waals surface area contributed by atoms with Crippen molar-refractivity contribution in [2.75, 3.05) is 0 Å². The SMILES string of the molecule is c1ccc(-n2c3ccccc3c3cc4c(cc32)c2ccccc2n4-c2cccc(-n3c4ccccc4c4ccccc43)c2)cc1. The molecule has 0 spiro atoms. The molecular weight excluding hydrogens is 546 g/mol. The minimum absolute atomic E-state index is 1.15. The lowest BCUT2D eigenvalue weighted by Gasteiger charge is -2.13. The lowest BCUT2D eigenvalue weighted by Crippen LogP contribution is -1.98. The van der Waals surface area contributed by atoms with Crippen molar-refractivity contribution in [2.45, 2.75) is 0 Å². The molecule has 10 rings (SSSR count). The zero-order valence-electron chi connectivity index (χ0n) is 24.4. The fraction of sp³-hybridized carbons (Fsp3) is 0. The molecule has 0 radical (unpaired) electrons. The topological polar surface area (TPSA) is 14.8 Å². The smallest absolute Gasteiger partial charge is 0.0548 e. The summed E-state index contributed by atoms with van der Waals surface area (Å²) in [6, 6.07) is 59.5. The third-order valence-corrected chi connectivity index (χ3v) is 9.41. The summed E-state index contributed by atoms with van der Waals surface area (Å²) in [5, 5.41) is 7.56. The van der Waals surface area contributed by atoms with E-state index in [9.17, 15) is 0 Å². The summed E-state index contributed by atoms with van der Waals surface area (Å²) in [7, 11) is 0. The zero-order chi connectivity index (χ0) is 29.5. The molecule has 0 atom stereocenters. The van der Waals surface area contributed by atoms with E-state index in [2.05, 4.69) is 177 Å². The predicted molar refractivity (Wildman–Crippen MR) is 189 cm³/mol. The molecule has 0 fully saturated rings. The van der Waals surface area contributed by atoms with Gasteiger partial charge in [-0.3, -0.25) is 0 Å². The summed E-state index contributed by atoms with van der Waals surface area (Å²) < 4.78 is 7.24. The monoisotopic (exact) mass is 573 g/mol. The molecule has 45 heavy (non-hydrogen) atoms. The predicted octanol–water partition coefficient (Wildman–Crippen LogP) is 11.0. The van der Waals surface area contributed by atoms with Crippen LogP contribution in [0.3, 0.4) is 0 Å². The van der Waals surface area contributed by atoms with Gasteiger partial charge in [-0.25, -0.2) is 0 Å². The standard InChI is InChI=1S/C42H27N3/c1-2-13-28(14-3-1)43-39-23-10-6-19-33(39)35-27-42-36(26-41(35)43)34-20-7-11-24-40(34)45(42)30-16-12-15-29(25-30)44-37-21-8-4-17-31(37)32-18-5-9-22-38(32)44/h1-27H. The van der Waals surface area contributed by atoms with Crippen LogP contribution in [0.15, 0.2) is 164 Å². The fourth-order valence-corrected chi connectivity index (χ4v) is 7.54. The largest absolute Gasteiger partial charge is 0.309 e. The van der Waals surface area contributed by atoms with E-state index in [1.807, 2.05) is 0 Å². The van der Waals surface area contributed by atoms with Crippen molar-refractivity contribution in [1.29, 1.82) is 0 Å². The number of hydrogen-bond donors (Lipinski definition) is 0. The van der Waals surface area contributed by atoms with E-state index in [4.69, 9.17) is 0 Å². The molecule has 0 unspecified atom stereocenters. The Morgan fingerprint density at radius 3 is 1.02 bits per heavy atom. The van der Waals surface area contributed by atoms with Gasteiger partial charge >= 0.3 is 0 Å². The van der Waals surface area contributed by atoms with Crippen LogP contribution in [0.4, 0.5) is 0 Å². The van der Waals surface area contributed by atoms with Gasteiger partial charge in [-0.15, -0.1) is 0 Å². The minimum atomic E-state index is 1.15. The van der Waals surface area contributed by atoms with E-state index in [-0.39, 0.29) is 0 Å². The highest BCUT2D eigenvalue weighted by atomic mass is 15.0. The molecule has 3 heteroatoms. The molecule has 10 aromatic rings. The van der Waals surface area contributed by atoms with Crippen LogP contribution < -0.4 is 0 Å². The summed E-state index contributed by atoms with van der Waals surface area (Å²) in [4.78, 5) is 0. The van der Waals surface area contributed by atoms with Crippen molar-refractivity contribution in [3.8, 4) is 17.1 Å². The van der Waals surface area contributed by atoms with E-state index in [1.165, 1.54) is 71.1 Å². The van der Waals surface area contributed by atoms with Gasteiger partial charge in [0.1, 0.15) is 0 Å². The number of benzene rings is 7. The molecule has 0 bridgehead atoms. The molecule has 3 nitrogen and oxygen atoms in total. The van der Waals surface area contributed by atoms with Gasteiger partial charge in [0.15, 0.2) is 0 Å². The second kappa shape index (κ2) is 9.22. The molecule has 7 aromatic carbocycles. The summed E-state index contributed by atoms with van der Waals surface area (Å²) in [5.74, 6) is 0. The van der Waals surface area contributed by atoms with E-state index in [0.717, 1.165) is 11.4 Å². The fourth-order valence-electron chi connectivity index (χ4n) is 7.54. The van der Waals surface area contributed by atoms with Crippen LogP contribution in [0, 0.1) is 0 Å². The third-order valence-electron chi connectivity index (χ3n) is 9.41.